The molecule has 172 valence electrons. The van der Waals surface area contributed by atoms with E-state index in [4.69, 9.17) is 11.6 Å². The van der Waals surface area contributed by atoms with E-state index in [-0.39, 0.29) is 11.8 Å². The predicted octanol–water partition coefficient (Wildman–Crippen LogP) is 3.47. The molecule has 2 aromatic rings. The van der Waals surface area contributed by atoms with Gasteiger partial charge >= 0.3 is 0 Å². The molecule has 2 aliphatic heterocycles. The summed E-state index contributed by atoms with van der Waals surface area (Å²) in [6.45, 7) is 9.26. The van der Waals surface area contributed by atoms with Gasteiger partial charge in [0.15, 0.2) is 0 Å². The van der Waals surface area contributed by atoms with Crippen molar-refractivity contribution in [2.24, 2.45) is 0 Å². The lowest BCUT2D eigenvalue weighted by molar-refractivity contribution is -0.135. The monoisotopic (exact) mass is 474 g/mol. The summed E-state index contributed by atoms with van der Waals surface area (Å²) in [6.07, 6.45) is 4.50. The van der Waals surface area contributed by atoms with Crippen LogP contribution in [0.4, 0.5) is 0 Å². The van der Waals surface area contributed by atoms with Gasteiger partial charge in [-0.3, -0.25) is 14.5 Å². The van der Waals surface area contributed by atoms with Gasteiger partial charge in [0.05, 0.1) is 4.88 Å². The Morgan fingerprint density at radius 1 is 1.19 bits per heavy atom. The minimum Gasteiger partial charge on any atom is -0.339 e. The van der Waals surface area contributed by atoms with E-state index < -0.39 is 6.04 Å². The maximum atomic E-state index is 13.2. The van der Waals surface area contributed by atoms with Gasteiger partial charge in [-0.25, -0.2) is 0 Å². The maximum Gasteiger partial charge on any atom is 0.262 e. The zero-order valence-electron chi connectivity index (χ0n) is 18.6. The zero-order chi connectivity index (χ0) is 22.7. The first kappa shape index (κ1) is 23.2. The summed E-state index contributed by atoms with van der Waals surface area (Å²) < 4.78 is 0.958. The van der Waals surface area contributed by atoms with Gasteiger partial charge in [-0.05, 0) is 63.0 Å². The van der Waals surface area contributed by atoms with Crippen molar-refractivity contribution in [3.05, 3.63) is 46.8 Å². The van der Waals surface area contributed by atoms with E-state index in [2.05, 4.69) is 28.7 Å². The Kier molecular flexibility index (Phi) is 7.51. The highest BCUT2D eigenvalue weighted by molar-refractivity contribution is 7.20. The van der Waals surface area contributed by atoms with Crippen LogP contribution in [-0.4, -0.2) is 84.9 Å². The average molecular weight is 475 g/mol. The van der Waals surface area contributed by atoms with Crippen LogP contribution in [0.3, 0.4) is 0 Å². The first-order valence-corrected chi connectivity index (χ1v) is 12.5. The van der Waals surface area contributed by atoms with Crippen LogP contribution in [0.1, 0.15) is 28.9 Å². The minimum atomic E-state index is -0.594. The number of hydrogen-bond acceptors (Lipinski definition) is 5. The fourth-order valence-corrected chi connectivity index (χ4v) is 5.86. The summed E-state index contributed by atoms with van der Waals surface area (Å²) in [5.41, 5.74) is 0. The Hall–Kier alpha value is -1.93. The standard InChI is InChI=1S/C24H31ClN4O2S/c1-3-4-20(26-23(30)22-15-17-5-6-18(25)16-21(17)32-22)24(31)29-13-11-28(12-14-29)19-7-9-27(2)10-8-19/h3,5-6,15-16,19-20H,1,4,7-14H2,2H3,(H,26,30)/t20-/m1/s1. The molecule has 1 atom stereocenters. The van der Waals surface area contributed by atoms with Crippen LogP contribution >= 0.6 is 22.9 Å². The van der Waals surface area contributed by atoms with Gasteiger partial charge < -0.3 is 15.1 Å². The third-order valence-corrected chi connectivity index (χ3v) is 7.87. The highest BCUT2D eigenvalue weighted by atomic mass is 35.5. The quantitative estimate of drug-likeness (QED) is 0.651. The smallest absolute Gasteiger partial charge is 0.262 e. The number of carbonyl (C=O) groups is 2. The summed E-state index contributed by atoms with van der Waals surface area (Å²) in [5.74, 6) is -0.252. The molecule has 0 saturated carbocycles. The molecule has 3 heterocycles. The number of nitrogens with zero attached hydrogens (tertiary/aromatic N) is 3. The van der Waals surface area contributed by atoms with Crippen molar-refractivity contribution in [2.75, 3.05) is 46.3 Å². The molecule has 0 spiro atoms. The Morgan fingerprint density at radius 2 is 1.91 bits per heavy atom. The molecule has 0 radical (unpaired) electrons. The number of halogens is 1. The third-order valence-electron chi connectivity index (χ3n) is 6.54. The normalized spacial score (nSPS) is 19.8. The van der Waals surface area contributed by atoms with E-state index >= 15 is 0 Å². The van der Waals surface area contributed by atoms with Gasteiger partial charge in [-0.2, -0.15) is 0 Å². The number of fused-ring (bicyclic) bond motifs is 1. The van der Waals surface area contributed by atoms with E-state index in [9.17, 15) is 9.59 Å². The summed E-state index contributed by atoms with van der Waals surface area (Å²) >= 11 is 7.45. The first-order chi connectivity index (χ1) is 15.4. The Balaban J connectivity index is 1.36. The number of amides is 2. The Labute approximate surface area is 198 Å². The van der Waals surface area contributed by atoms with Crippen LogP contribution in [0.5, 0.6) is 0 Å². The number of hydrogen-bond donors (Lipinski definition) is 1. The molecule has 2 aliphatic rings. The lowest BCUT2D eigenvalue weighted by Gasteiger charge is -2.42. The van der Waals surface area contributed by atoms with Crippen molar-refractivity contribution in [1.82, 2.24) is 20.0 Å². The van der Waals surface area contributed by atoms with Crippen molar-refractivity contribution < 1.29 is 9.59 Å². The Bertz CT molecular complexity index is 978. The van der Waals surface area contributed by atoms with Crippen LogP contribution in [0.25, 0.3) is 10.1 Å². The van der Waals surface area contributed by atoms with E-state index in [1.165, 1.54) is 24.2 Å². The molecule has 2 amide bonds. The number of piperazine rings is 1. The molecule has 0 bridgehead atoms. The maximum absolute atomic E-state index is 13.2. The van der Waals surface area contributed by atoms with Gasteiger partial charge in [0.2, 0.25) is 5.91 Å². The summed E-state index contributed by atoms with van der Waals surface area (Å²) in [4.78, 5) is 33.5. The van der Waals surface area contributed by atoms with Crippen molar-refractivity contribution in [3.63, 3.8) is 0 Å². The number of piperidine rings is 1. The lowest BCUT2D eigenvalue weighted by atomic mass is 10.0. The molecule has 8 heteroatoms. The molecule has 6 nitrogen and oxygen atoms in total. The van der Waals surface area contributed by atoms with E-state index in [1.807, 2.05) is 29.2 Å². The average Bonchev–Trinajstić information content (AvgIpc) is 3.22. The second kappa shape index (κ2) is 10.3. The largest absolute Gasteiger partial charge is 0.339 e. The highest BCUT2D eigenvalue weighted by Gasteiger charge is 2.31. The molecular formula is C24H31ClN4O2S. The van der Waals surface area contributed by atoms with Crippen LogP contribution in [0.15, 0.2) is 36.9 Å². The second-order valence-corrected chi connectivity index (χ2v) is 10.3. The van der Waals surface area contributed by atoms with Gasteiger partial charge in [-0.1, -0.05) is 23.7 Å². The SMILES string of the molecule is C=CC[C@@H](NC(=O)c1cc2ccc(Cl)cc2s1)C(=O)N1CCN(C2CCN(C)CC2)CC1. The van der Waals surface area contributed by atoms with Crippen LogP contribution in [0, 0.1) is 0 Å². The second-order valence-electron chi connectivity index (χ2n) is 8.74. The van der Waals surface area contributed by atoms with E-state index in [0.29, 0.717) is 35.5 Å². The van der Waals surface area contributed by atoms with E-state index in [1.54, 1.807) is 6.08 Å². The van der Waals surface area contributed by atoms with E-state index in [0.717, 1.165) is 36.3 Å². The van der Waals surface area contributed by atoms with Crippen molar-refractivity contribution in [3.8, 4) is 0 Å². The molecule has 0 aliphatic carbocycles. The number of nitrogens with one attached hydrogen (secondary N) is 1. The number of rotatable bonds is 6. The van der Waals surface area contributed by atoms with Crippen LogP contribution in [0.2, 0.25) is 5.02 Å². The number of likely N-dealkylation sites (tertiary alicyclic amines) is 1. The van der Waals surface area contributed by atoms with Gasteiger partial charge in [0, 0.05) is 41.9 Å². The fourth-order valence-electron chi connectivity index (χ4n) is 4.62. The molecule has 2 saturated heterocycles. The van der Waals surface area contributed by atoms with Crippen molar-refractivity contribution in [2.45, 2.75) is 31.3 Å². The van der Waals surface area contributed by atoms with Gasteiger partial charge in [-0.15, -0.1) is 17.9 Å². The molecule has 32 heavy (non-hydrogen) atoms. The zero-order valence-corrected chi connectivity index (χ0v) is 20.1. The van der Waals surface area contributed by atoms with Crippen molar-refractivity contribution >= 4 is 44.8 Å². The number of benzene rings is 1. The molecule has 1 N–H and O–H groups in total. The summed E-state index contributed by atoms with van der Waals surface area (Å²) in [5, 5.41) is 4.56. The topological polar surface area (TPSA) is 55.9 Å². The van der Waals surface area contributed by atoms with Crippen molar-refractivity contribution in [1.29, 1.82) is 0 Å². The molecule has 1 aromatic heterocycles. The van der Waals surface area contributed by atoms with Crippen LogP contribution in [-0.2, 0) is 4.79 Å². The lowest BCUT2D eigenvalue weighted by Crippen LogP contribution is -2.57. The first-order valence-electron chi connectivity index (χ1n) is 11.3. The highest BCUT2D eigenvalue weighted by Crippen LogP contribution is 2.28. The third kappa shape index (κ3) is 5.34. The summed E-state index contributed by atoms with van der Waals surface area (Å²) in [6, 6.07) is 7.45. The molecule has 4 rings (SSSR count). The number of carbonyl (C=O) groups excluding carboxylic acids is 2. The van der Waals surface area contributed by atoms with Crippen LogP contribution < -0.4 is 5.32 Å². The molecular weight excluding hydrogens is 444 g/mol. The molecule has 0 unspecified atom stereocenters. The predicted molar refractivity (Wildman–Crippen MR) is 132 cm³/mol. The minimum absolute atomic E-state index is 0.0227. The summed E-state index contributed by atoms with van der Waals surface area (Å²) in [7, 11) is 2.18. The molecule has 2 fully saturated rings. The molecule has 1 aromatic carbocycles. The number of thiophene rings is 1. The fraction of sp³-hybridized carbons (Fsp3) is 0.500. The van der Waals surface area contributed by atoms with Gasteiger partial charge in [0.25, 0.3) is 5.91 Å². The van der Waals surface area contributed by atoms with Gasteiger partial charge in [0.1, 0.15) is 6.04 Å². The Morgan fingerprint density at radius 3 is 2.59 bits per heavy atom.